The summed E-state index contributed by atoms with van der Waals surface area (Å²) in [6.07, 6.45) is 4.23. The lowest BCUT2D eigenvalue weighted by Gasteiger charge is -2.29. The quantitative estimate of drug-likeness (QED) is 0.715. The van der Waals surface area contributed by atoms with Gasteiger partial charge in [-0.05, 0) is 39.2 Å². The summed E-state index contributed by atoms with van der Waals surface area (Å²) in [5.74, 6) is -1.11. The molecule has 1 N–H and O–H groups in total. The van der Waals surface area contributed by atoms with Gasteiger partial charge in [-0.15, -0.1) is 0 Å². The zero-order valence-corrected chi connectivity index (χ0v) is 12.7. The van der Waals surface area contributed by atoms with E-state index in [1.165, 1.54) is 0 Å². The van der Waals surface area contributed by atoms with Gasteiger partial charge in [-0.2, -0.15) is 0 Å². The molecule has 1 saturated carbocycles. The molecule has 0 heterocycles. The van der Waals surface area contributed by atoms with Gasteiger partial charge in [0.15, 0.2) is 9.84 Å². The molecule has 6 heteroatoms. The predicted octanol–water partition coefficient (Wildman–Crippen LogP) is 1.28. The van der Waals surface area contributed by atoms with Crippen LogP contribution >= 0.6 is 0 Å². The highest BCUT2D eigenvalue weighted by atomic mass is 32.2. The zero-order chi connectivity index (χ0) is 14.3. The highest BCUT2D eigenvalue weighted by Crippen LogP contribution is 2.25. The first-order valence-electron chi connectivity index (χ1n) is 7.10. The minimum atomic E-state index is -3.38. The molecule has 0 spiro atoms. The molecule has 0 aromatic heterocycles. The van der Waals surface area contributed by atoms with Crippen LogP contribution in [0.4, 0.5) is 0 Å². The number of ether oxygens (including phenoxy) is 1. The van der Waals surface area contributed by atoms with Crippen molar-refractivity contribution in [2.75, 3.05) is 18.9 Å². The highest BCUT2D eigenvalue weighted by Gasteiger charge is 2.33. The molecule has 0 aromatic carbocycles. The number of rotatable bonds is 7. The second kappa shape index (κ2) is 7.85. The van der Waals surface area contributed by atoms with E-state index in [2.05, 4.69) is 12.2 Å². The lowest BCUT2D eigenvalue weighted by molar-refractivity contribution is -0.139. The van der Waals surface area contributed by atoms with Crippen molar-refractivity contribution < 1.29 is 17.9 Å². The van der Waals surface area contributed by atoms with Crippen LogP contribution in [0.25, 0.3) is 0 Å². The number of carbonyl (C=O) groups excluding carboxylic acids is 1. The fourth-order valence-corrected chi connectivity index (χ4v) is 4.19. The van der Waals surface area contributed by atoms with Crippen molar-refractivity contribution in [1.82, 2.24) is 5.32 Å². The average molecular weight is 291 g/mol. The van der Waals surface area contributed by atoms with E-state index in [1.807, 2.05) is 0 Å². The second-order valence-electron chi connectivity index (χ2n) is 5.05. The third-order valence-electron chi connectivity index (χ3n) is 3.44. The van der Waals surface area contributed by atoms with Gasteiger partial charge in [0.05, 0.1) is 11.9 Å². The number of esters is 1. The molecule has 0 saturated heterocycles. The second-order valence-corrected chi connectivity index (χ2v) is 7.33. The van der Waals surface area contributed by atoms with Crippen LogP contribution in [0.2, 0.25) is 0 Å². The predicted molar refractivity (Wildman–Crippen MR) is 74.8 cm³/mol. The summed E-state index contributed by atoms with van der Waals surface area (Å²) >= 11 is 0. The molecule has 2 unspecified atom stereocenters. The SMILES string of the molecule is CCCNC1CCCC(S(=O)(=O)CC(=O)OCC)C1. The third kappa shape index (κ3) is 5.48. The van der Waals surface area contributed by atoms with E-state index in [4.69, 9.17) is 4.74 Å². The number of carbonyl (C=O) groups is 1. The van der Waals surface area contributed by atoms with Crippen LogP contribution in [-0.4, -0.2) is 44.6 Å². The molecule has 0 amide bonds. The average Bonchev–Trinajstić information content (AvgIpc) is 2.36. The molecule has 2 atom stereocenters. The first-order valence-corrected chi connectivity index (χ1v) is 8.81. The van der Waals surface area contributed by atoms with Crippen molar-refractivity contribution in [2.24, 2.45) is 0 Å². The Morgan fingerprint density at radius 1 is 1.32 bits per heavy atom. The number of nitrogens with one attached hydrogen (secondary N) is 1. The number of hydrogen-bond acceptors (Lipinski definition) is 5. The lowest BCUT2D eigenvalue weighted by atomic mass is 9.95. The van der Waals surface area contributed by atoms with Crippen LogP contribution in [0, 0.1) is 0 Å². The molecule has 0 aromatic rings. The molecule has 0 bridgehead atoms. The number of hydrogen-bond donors (Lipinski definition) is 1. The van der Waals surface area contributed by atoms with Gasteiger partial charge in [-0.3, -0.25) is 4.79 Å². The van der Waals surface area contributed by atoms with Crippen molar-refractivity contribution in [1.29, 1.82) is 0 Å². The molecular formula is C13H25NO4S. The van der Waals surface area contributed by atoms with Gasteiger partial charge in [0.25, 0.3) is 0 Å². The van der Waals surface area contributed by atoms with E-state index >= 15 is 0 Å². The Balaban J connectivity index is 2.55. The zero-order valence-electron chi connectivity index (χ0n) is 11.9. The third-order valence-corrected chi connectivity index (χ3v) is 5.52. The molecule has 1 fully saturated rings. The van der Waals surface area contributed by atoms with Gasteiger partial charge >= 0.3 is 5.97 Å². The molecule has 0 aliphatic heterocycles. The molecule has 112 valence electrons. The van der Waals surface area contributed by atoms with E-state index in [0.717, 1.165) is 25.8 Å². The maximum atomic E-state index is 12.2. The lowest BCUT2D eigenvalue weighted by Crippen LogP contribution is -2.41. The molecule has 1 aliphatic carbocycles. The van der Waals surface area contributed by atoms with E-state index < -0.39 is 26.8 Å². The largest absolute Gasteiger partial charge is 0.465 e. The van der Waals surface area contributed by atoms with Gasteiger partial charge in [0.2, 0.25) is 0 Å². The summed E-state index contributed by atoms with van der Waals surface area (Å²) in [7, 11) is -3.38. The summed E-state index contributed by atoms with van der Waals surface area (Å²) in [6, 6.07) is 0.260. The van der Waals surface area contributed by atoms with Gasteiger partial charge in [-0.1, -0.05) is 13.3 Å². The van der Waals surface area contributed by atoms with E-state index in [-0.39, 0.29) is 12.6 Å². The van der Waals surface area contributed by atoms with Crippen molar-refractivity contribution in [3.63, 3.8) is 0 Å². The Labute approximate surface area is 116 Å². The minimum absolute atomic E-state index is 0.222. The van der Waals surface area contributed by atoms with Crippen LogP contribution in [0.5, 0.6) is 0 Å². The smallest absolute Gasteiger partial charge is 0.321 e. The summed E-state index contributed by atoms with van der Waals surface area (Å²) in [4.78, 5) is 11.3. The fourth-order valence-electron chi connectivity index (χ4n) is 2.49. The van der Waals surface area contributed by atoms with Crippen LogP contribution in [0.15, 0.2) is 0 Å². The van der Waals surface area contributed by atoms with Crippen molar-refractivity contribution in [3.05, 3.63) is 0 Å². The normalized spacial score (nSPS) is 24.1. The fraction of sp³-hybridized carbons (Fsp3) is 0.923. The molecule has 5 nitrogen and oxygen atoms in total. The van der Waals surface area contributed by atoms with E-state index in [1.54, 1.807) is 6.92 Å². The van der Waals surface area contributed by atoms with Crippen LogP contribution in [-0.2, 0) is 19.4 Å². The van der Waals surface area contributed by atoms with Crippen molar-refractivity contribution in [2.45, 2.75) is 57.2 Å². The highest BCUT2D eigenvalue weighted by molar-refractivity contribution is 7.92. The topological polar surface area (TPSA) is 72.5 Å². The Hall–Kier alpha value is -0.620. The van der Waals surface area contributed by atoms with E-state index in [9.17, 15) is 13.2 Å². The Kier molecular flexibility index (Phi) is 6.79. The maximum absolute atomic E-state index is 12.2. The molecule has 1 aliphatic rings. The summed E-state index contributed by atoms with van der Waals surface area (Å²) < 4.78 is 29.0. The van der Waals surface area contributed by atoms with E-state index in [0.29, 0.717) is 12.8 Å². The van der Waals surface area contributed by atoms with Crippen LogP contribution < -0.4 is 5.32 Å². The van der Waals surface area contributed by atoms with Gasteiger partial charge in [-0.25, -0.2) is 8.42 Å². The summed E-state index contributed by atoms with van der Waals surface area (Å²) in [5, 5.41) is 2.97. The maximum Gasteiger partial charge on any atom is 0.321 e. The summed E-state index contributed by atoms with van der Waals surface area (Å²) in [6.45, 7) is 4.90. The number of sulfone groups is 1. The Morgan fingerprint density at radius 2 is 2.05 bits per heavy atom. The van der Waals surface area contributed by atoms with Crippen molar-refractivity contribution >= 4 is 15.8 Å². The summed E-state index contributed by atoms with van der Waals surface area (Å²) in [5.41, 5.74) is 0. The molecule has 0 radical (unpaired) electrons. The van der Waals surface area contributed by atoms with Crippen LogP contribution in [0.3, 0.4) is 0 Å². The van der Waals surface area contributed by atoms with Gasteiger partial charge < -0.3 is 10.1 Å². The standard InChI is InChI=1S/C13H25NO4S/c1-3-8-14-11-6-5-7-12(9-11)19(16,17)10-13(15)18-4-2/h11-12,14H,3-10H2,1-2H3. The van der Waals surface area contributed by atoms with Gasteiger partial charge in [0.1, 0.15) is 5.75 Å². The first-order chi connectivity index (χ1) is 8.99. The van der Waals surface area contributed by atoms with Crippen LogP contribution in [0.1, 0.15) is 46.0 Å². The van der Waals surface area contributed by atoms with Crippen molar-refractivity contribution in [3.8, 4) is 0 Å². The molecule has 1 rings (SSSR count). The molecule has 19 heavy (non-hydrogen) atoms. The van der Waals surface area contributed by atoms with Gasteiger partial charge in [0, 0.05) is 6.04 Å². The monoisotopic (exact) mass is 291 g/mol. The first kappa shape index (κ1) is 16.4. The molecular weight excluding hydrogens is 266 g/mol. The minimum Gasteiger partial charge on any atom is -0.465 e. The Bertz CT molecular complexity index is 380. The Morgan fingerprint density at radius 3 is 2.68 bits per heavy atom.